The molecule has 1 aliphatic heterocycles. The minimum atomic E-state index is -3.93. The Balaban J connectivity index is 1.58. The van der Waals surface area contributed by atoms with Crippen molar-refractivity contribution >= 4 is 27.6 Å². The highest BCUT2D eigenvalue weighted by Gasteiger charge is 2.37. The van der Waals surface area contributed by atoms with E-state index in [0.29, 0.717) is 5.69 Å². The summed E-state index contributed by atoms with van der Waals surface area (Å²) in [5.74, 6) is -0.312. The van der Waals surface area contributed by atoms with Gasteiger partial charge in [-0.05, 0) is 42.0 Å². The zero-order valence-electron chi connectivity index (χ0n) is 15.2. The number of aliphatic imine (C=N–C) groups is 1. The van der Waals surface area contributed by atoms with Crippen LogP contribution in [0.15, 0.2) is 87.3 Å². The molecule has 0 saturated carbocycles. The van der Waals surface area contributed by atoms with E-state index in [-0.39, 0.29) is 23.2 Å². The minimum absolute atomic E-state index is 0.0472. The molecule has 1 unspecified atom stereocenters. The third-order valence-electron chi connectivity index (χ3n) is 4.53. The lowest BCUT2D eigenvalue weighted by Gasteiger charge is -2.26. The van der Waals surface area contributed by atoms with Gasteiger partial charge in [0.05, 0.1) is 23.7 Å². The van der Waals surface area contributed by atoms with Crippen molar-refractivity contribution in [2.75, 3.05) is 11.9 Å². The molecule has 0 aliphatic carbocycles. The van der Waals surface area contributed by atoms with Crippen molar-refractivity contribution in [2.24, 2.45) is 10.7 Å². The maximum atomic E-state index is 13.2. The number of nitrogens with one attached hydrogen (secondary N) is 1. The van der Waals surface area contributed by atoms with Gasteiger partial charge in [0.1, 0.15) is 0 Å². The number of nitrogens with two attached hydrogens (primary N) is 1. The highest BCUT2D eigenvalue weighted by Crippen LogP contribution is 2.31. The van der Waals surface area contributed by atoms with Crippen LogP contribution in [0.5, 0.6) is 0 Å². The Morgan fingerprint density at radius 1 is 1.07 bits per heavy atom. The third-order valence-corrected chi connectivity index (χ3v) is 6.36. The van der Waals surface area contributed by atoms with Gasteiger partial charge in [0.25, 0.3) is 15.9 Å². The number of benzene rings is 2. The number of anilines is 1. The number of carbonyl (C=O) groups is 1. The molecule has 0 saturated heterocycles. The van der Waals surface area contributed by atoms with Crippen molar-refractivity contribution < 1.29 is 17.6 Å². The molecule has 29 heavy (non-hydrogen) atoms. The zero-order valence-corrected chi connectivity index (χ0v) is 16.0. The highest BCUT2D eigenvalue weighted by molar-refractivity contribution is 7.89. The van der Waals surface area contributed by atoms with Crippen molar-refractivity contribution in [1.29, 1.82) is 0 Å². The smallest absolute Gasteiger partial charge is 0.291 e. The summed E-state index contributed by atoms with van der Waals surface area (Å²) in [6.07, 6.45) is 1.40. The van der Waals surface area contributed by atoms with Gasteiger partial charge >= 0.3 is 0 Å². The van der Waals surface area contributed by atoms with Crippen LogP contribution >= 0.6 is 0 Å². The van der Waals surface area contributed by atoms with Crippen molar-refractivity contribution in [3.05, 3.63) is 84.3 Å². The molecule has 8 nitrogen and oxygen atoms in total. The molecule has 1 aromatic heterocycles. The van der Waals surface area contributed by atoms with E-state index >= 15 is 0 Å². The Morgan fingerprint density at radius 3 is 2.45 bits per heavy atom. The predicted octanol–water partition coefficient (Wildman–Crippen LogP) is 2.59. The van der Waals surface area contributed by atoms with E-state index in [1.54, 1.807) is 6.07 Å². The highest BCUT2D eigenvalue weighted by atomic mass is 32.2. The lowest BCUT2D eigenvalue weighted by molar-refractivity contribution is 0.0996. The monoisotopic (exact) mass is 410 g/mol. The van der Waals surface area contributed by atoms with Crippen molar-refractivity contribution in [1.82, 2.24) is 4.31 Å². The van der Waals surface area contributed by atoms with Gasteiger partial charge in [0, 0.05) is 5.69 Å². The second kappa shape index (κ2) is 7.44. The fourth-order valence-electron chi connectivity index (χ4n) is 3.11. The van der Waals surface area contributed by atoms with Crippen LogP contribution in [0.2, 0.25) is 0 Å². The molecule has 2 aromatic carbocycles. The Bertz CT molecular complexity index is 1140. The molecule has 0 bridgehead atoms. The maximum absolute atomic E-state index is 13.2. The molecule has 9 heteroatoms. The zero-order chi connectivity index (χ0) is 20.4. The molecule has 3 N–H and O–H groups in total. The maximum Gasteiger partial charge on any atom is 0.291 e. The van der Waals surface area contributed by atoms with Gasteiger partial charge in [-0.3, -0.25) is 4.79 Å². The van der Waals surface area contributed by atoms with Gasteiger partial charge in [-0.1, -0.05) is 30.3 Å². The lowest BCUT2D eigenvalue weighted by atomic mass is 10.1. The summed E-state index contributed by atoms with van der Waals surface area (Å²) in [5, 5.41) is 2.65. The number of guanidine groups is 1. The normalized spacial score (nSPS) is 16.5. The third kappa shape index (κ3) is 3.59. The topological polar surface area (TPSA) is 118 Å². The molecular formula is C20H18N4O4S. The van der Waals surface area contributed by atoms with E-state index < -0.39 is 22.0 Å². The number of furan rings is 1. The van der Waals surface area contributed by atoms with Crippen LogP contribution in [0.25, 0.3) is 0 Å². The largest absolute Gasteiger partial charge is 0.459 e. The van der Waals surface area contributed by atoms with Gasteiger partial charge in [-0.15, -0.1) is 0 Å². The molecular weight excluding hydrogens is 392 g/mol. The quantitative estimate of drug-likeness (QED) is 0.670. The first-order valence-corrected chi connectivity index (χ1v) is 10.2. The first-order valence-electron chi connectivity index (χ1n) is 8.81. The fraction of sp³-hybridized carbons (Fsp3) is 0.100. The molecule has 3 aromatic rings. The lowest BCUT2D eigenvalue weighted by Crippen LogP contribution is -2.40. The average molecular weight is 410 g/mol. The number of amides is 1. The van der Waals surface area contributed by atoms with Crippen LogP contribution in [0.1, 0.15) is 22.2 Å². The Morgan fingerprint density at radius 2 is 1.79 bits per heavy atom. The van der Waals surface area contributed by atoms with E-state index in [4.69, 9.17) is 10.2 Å². The molecule has 1 amide bonds. The summed E-state index contributed by atoms with van der Waals surface area (Å²) < 4.78 is 32.6. The Hall–Kier alpha value is -3.59. The summed E-state index contributed by atoms with van der Waals surface area (Å²) in [6.45, 7) is 0.256. The average Bonchev–Trinajstić information content (AvgIpc) is 3.39. The molecule has 0 spiro atoms. The van der Waals surface area contributed by atoms with Crippen LogP contribution in [-0.2, 0) is 10.0 Å². The fourth-order valence-corrected chi connectivity index (χ4v) is 4.65. The second-order valence-corrected chi connectivity index (χ2v) is 8.20. The number of sulfonamides is 1. The molecule has 1 atom stereocenters. The van der Waals surface area contributed by atoms with Crippen LogP contribution in [0.3, 0.4) is 0 Å². The van der Waals surface area contributed by atoms with Crippen LogP contribution < -0.4 is 11.1 Å². The van der Waals surface area contributed by atoms with Crippen molar-refractivity contribution in [3.63, 3.8) is 0 Å². The summed E-state index contributed by atoms with van der Waals surface area (Å²) in [6, 6.07) is 17.7. The van der Waals surface area contributed by atoms with Crippen molar-refractivity contribution in [2.45, 2.75) is 10.9 Å². The number of nitrogens with zero attached hydrogens (tertiary/aromatic N) is 2. The van der Waals surface area contributed by atoms with E-state index in [1.807, 2.05) is 30.3 Å². The SMILES string of the molecule is NC1=NCC(c2ccccc2)N1S(=O)(=O)c1ccc(NC(=O)c2ccco2)cc1. The number of hydrogen-bond acceptors (Lipinski definition) is 6. The summed E-state index contributed by atoms with van der Waals surface area (Å²) in [4.78, 5) is 16.2. The summed E-state index contributed by atoms with van der Waals surface area (Å²) in [7, 11) is -3.93. The molecule has 148 valence electrons. The first-order chi connectivity index (χ1) is 14.0. The van der Waals surface area contributed by atoms with E-state index in [0.717, 1.165) is 9.87 Å². The van der Waals surface area contributed by atoms with Gasteiger partial charge < -0.3 is 15.5 Å². The Kier molecular flexibility index (Phi) is 4.81. The van der Waals surface area contributed by atoms with Crippen LogP contribution in [0.4, 0.5) is 5.69 Å². The van der Waals surface area contributed by atoms with E-state index in [2.05, 4.69) is 10.3 Å². The first kappa shape index (κ1) is 18.8. The molecule has 0 fully saturated rings. The van der Waals surface area contributed by atoms with Crippen LogP contribution in [0, 0.1) is 0 Å². The summed E-state index contributed by atoms with van der Waals surface area (Å²) in [5.41, 5.74) is 7.16. The predicted molar refractivity (Wildman–Crippen MR) is 108 cm³/mol. The van der Waals surface area contributed by atoms with Gasteiger partial charge in [-0.2, -0.15) is 0 Å². The molecule has 4 rings (SSSR count). The molecule has 2 heterocycles. The van der Waals surface area contributed by atoms with Gasteiger partial charge in [0.15, 0.2) is 5.76 Å². The van der Waals surface area contributed by atoms with Gasteiger partial charge in [0.2, 0.25) is 5.96 Å². The van der Waals surface area contributed by atoms with Gasteiger partial charge in [-0.25, -0.2) is 17.7 Å². The molecule has 1 aliphatic rings. The minimum Gasteiger partial charge on any atom is -0.459 e. The van der Waals surface area contributed by atoms with Crippen LogP contribution in [-0.4, -0.2) is 31.1 Å². The number of carbonyl (C=O) groups excluding carboxylic acids is 1. The number of rotatable bonds is 5. The number of hydrogen-bond donors (Lipinski definition) is 2. The van der Waals surface area contributed by atoms with Crippen molar-refractivity contribution in [3.8, 4) is 0 Å². The van der Waals surface area contributed by atoms with E-state index in [1.165, 1.54) is 36.6 Å². The Labute approximate surface area is 167 Å². The van der Waals surface area contributed by atoms with E-state index in [9.17, 15) is 13.2 Å². The molecule has 0 radical (unpaired) electrons. The summed E-state index contributed by atoms with van der Waals surface area (Å²) >= 11 is 0. The second-order valence-electron chi connectivity index (χ2n) is 6.38. The standard InChI is InChI=1S/C20H18N4O4S/c21-20-22-13-17(14-5-2-1-3-6-14)24(20)29(26,27)16-10-8-15(9-11-16)23-19(25)18-7-4-12-28-18/h1-12,17H,13H2,(H2,21,22)(H,23,25).